The predicted molar refractivity (Wildman–Crippen MR) is 98.0 cm³/mol. The molecule has 0 aliphatic carbocycles. The first-order valence-electron chi connectivity index (χ1n) is 7.87. The summed E-state index contributed by atoms with van der Waals surface area (Å²) in [5.74, 6) is -0.713. The van der Waals surface area contributed by atoms with E-state index in [2.05, 4.69) is 15.6 Å². The lowest BCUT2D eigenvalue weighted by Gasteiger charge is -2.12. The normalized spacial score (nSPS) is 11.7. The number of nitrogens with two attached hydrogens (primary N) is 1. The van der Waals surface area contributed by atoms with Crippen LogP contribution < -0.4 is 16.4 Å². The van der Waals surface area contributed by atoms with Crippen LogP contribution in [0.15, 0.2) is 67.0 Å². The first-order chi connectivity index (χ1) is 12.1. The van der Waals surface area contributed by atoms with Gasteiger partial charge in [-0.3, -0.25) is 14.6 Å². The average Bonchev–Trinajstić information content (AvgIpc) is 2.62. The SMILES string of the molecule is NC(CC(=O)Nc1ccc2cnccc2c1)C(=O)Nc1ccccc1. The zero-order chi connectivity index (χ0) is 17.6. The van der Waals surface area contributed by atoms with Crippen LogP contribution >= 0.6 is 0 Å². The molecule has 6 nitrogen and oxygen atoms in total. The molecule has 1 atom stereocenters. The monoisotopic (exact) mass is 334 g/mol. The summed E-state index contributed by atoms with van der Waals surface area (Å²) >= 11 is 0. The second-order valence-electron chi connectivity index (χ2n) is 5.65. The molecule has 3 rings (SSSR count). The molecule has 1 heterocycles. The zero-order valence-corrected chi connectivity index (χ0v) is 13.5. The van der Waals surface area contributed by atoms with E-state index >= 15 is 0 Å². The molecule has 3 aromatic rings. The topological polar surface area (TPSA) is 97.1 Å². The number of benzene rings is 2. The van der Waals surface area contributed by atoms with Gasteiger partial charge in [-0.2, -0.15) is 0 Å². The van der Waals surface area contributed by atoms with Crippen molar-refractivity contribution in [2.75, 3.05) is 10.6 Å². The number of para-hydroxylation sites is 1. The Kier molecular flexibility index (Phi) is 5.01. The molecular formula is C19H18N4O2. The highest BCUT2D eigenvalue weighted by Gasteiger charge is 2.17. The van der Waals surface area contributed by atoms with Gasteiger partial charge in [0.1, 0.15) is 0 Å². The largest absolute Gasteiger partial charge is 0.326 e. The van der Waals surface area contributed by atoms with Crippen LogP contribution in [0.5, 0.6) is 0 Å². The van der Waals surface area contributed by atoms with E-state index < -0.39 is 11.9 Å². The summed E-state index contributed by atoms with van der Waals surface area (Å²) in [5, 5.41) is 7.41. The minimum absolute atomic E-state index is 0.104. The molecule has 0 spiro atoms. The van der Waals surface area contributed by atoms with Gasteiger partial charge in [-0.1, -0.05) is 24.3 Å². The van der Waals surface area contributed by atoms with Gasteiger partial charge in [-0.05, 0) is 35.7 Å². The number of rotatable bonds is 5. The molecule has 25 heavy (non-hydrogen) atoms. The molecule has 2 aromatic carbocycles. The first-order valence-corrected chi connectivity index (χ1v) is 7.87. The number of amides is 2. The van der Waals surface area contributed by atoms with Crippen LogP contribution in [0.1, 0.15) is 6.42 Å². The molecule has 2 amide bonds. The lowest BCUT2D eigenvalue weighted by Crippen LogP contribution is -2.38. The van der Waals surface area contributed by atoms with Crippen molar-refractivity contribution in [2.45, 2.75) is 12.5 Å². The Balaban J connectivity index is 1.58. The molecule has 1 unspecified atom stereocenters. The van der Waals surface area contributed by atoms with Gasteiger partial charge in [0.15, 0.2) is 0 Å². The number of nitrogens with one attached hydrogen (secondary N) is 2. The van der Waals surface area contributed by atoms with Crippen LogP contribution in [0.25, 0.3) is 10.8 Å². The van der Waals surface area contributed by atoms with E-state index in [1.165, 1.54) is 0 Å². The lowest BCUT2D eigenvalue weighted by atomic mass is 10.1. The maximum Gasteiger partial charge on any atom is 0.241 e. The minimum Gasteiger partial charge on any atom is -0.326 e. The van der Waals surface area contributed by atoms with Crippen LogP contribution in [0, 0.1) is 0 Å². The Morgan fingerprint density at radius 2 is 1.76 bits per heavy atom. The molecular weight excluding hydrogens is 316 g/mol. The third-order valence-corrected chi connectivity index (χ3v) is 3.71. The van der Waals surface area contributed by atoms with Crippen molar-refractivity contribution in [1.82, 2.24) is 4.98 Å². The van der Waals surface area contributed by atoms with Crippen molar-refractivity contribution in [3.8, 4) is 0 Å². The first kappa shape index (κ1) is 16.6. The quantitative estimate of drug-likeness (QED) is 0.668. The lowest BCUT2D eigenvalue weighted by molar-refractivity contribution is -0.122. The van der Waals surface area contributed by atoms with Crippen molar-refractivity contribution in [3.05, 3.63) is 67.0 Å². The summed E-state index contributed by atoms with van der Waals surface area (Å²) in [6, 6.07) is 15.4. The van der Waals surface area contributed by atoms with E-state index in [1.807, 2.05) is 36.4 Å². The Bertz CT molecular complexity index is 896. The van der Waals surface area contributed by atoms with Gasteiger partial charge in [0, 0.05) is 29.2 Å². The van der Waals surface area contributed by atoms with Crippen molar-refractivity contribution in [2.24, 2.45) is 5.73 Å². The van der Waals surface area contributed by atoms with Crippen LogP contribution in [0.4, 0.5) is 11.4 Å². The van der Waals surface area contributed by atoms with E-state index in [4.69, 9.17) is 5.73 Å². The maximum absolute atomic E-state index is 12.1. The molecule has 0 aliphatic heterocycles. The number of carbonyl (C=O) groups is 2. The van der Waals surface area contributed by atoms with Gasteiger partial charge < -0.3 is 16.4 Å². The fourth-order valence-corrected chi connectivity index (χ4v) is 2.42. The summed E-state index contributed by atoms with van der Waals surface area (Å²) < 4.78 is 0. The molecule has 0 fully saturated rings. The number of hydrogen-bond acceptors (Lipinski definition) is 4. The summed E-state index contributed by atoms with van der Waals surface area (Å²) in [6.45, 7) is 0. The number of carbonyl (C=O) groups excluding carboxylic acids is 2. The summed E-state index contributed by atoms with van der Waals surface area (Å²) in [4.78, 5) is 28.2. The van der Waals surface area contributed by atoms with E-state index in [9.17, 15) is 9.59 Å². The molecule has 0 saturated heterocycles. The highest BCUT2D eigenvalue weighted by atomic mass is 16.2. The number of hydrogen-bond donors (Lipinski definition) is 3. The molecule has 1 aromatic heterocycles. The second kappa shape index (κ2) is 7.55. The third kappa shape index (κ3) is 4.39. The number of anilines is 2. The molecule has 0 saturated carbocycles. The summed E-state index contributed by atoms with van der Waals surface area (Å²) in [7, 11) is 0. The van der Waals surface area contributed by atoms with Gasteiger partial charge in [0.05, 0.1) is 12.5 Å². The summed E-state index contributed by atoms with van der Waals surface area (Å²) in [5.41, 5.74) is 7.13. The van der Waals surface area contributed by atoms with Gasteiger partial charge in [-0.15, -0.1) is 0 Å². The van der Waals surface area contributed by atoms with Gasteiger partial charge in [0.2, 0.25) is 11.8 Å². The van der Waals surface area contributed by atoms with Crippen molar-refractivity contribution >= 4 is 34.0 Å². The summed E-state index contributed by atoms with van der Waals surface area (Å²) in [6.07, 6.45) is 3.34. The van der Waals surface area contributed by atoms with E-state index in [0.717, 1.165) is 10.8 Å². The average molecular weight is 334 g/mol. The standard InChI is InChI=1S/C19H18N4O2/c20-17(19(25)23-15-4-2-1-3-5-15)11-18(24)22-16-7-6-14-12-21-9-8-13(14)10-16/h1-10,12,17H,11,20H2,(H,22,24)(H,23,25). The van der Waals surface area contributed by atoms with Crippen LogP contribution in [-0.2, 0) is 9.59 Å². The number of fused-ring (bicyclic) bond motifs is 1. The van der Waals surface area contributed by atoms with Crippen molar-refractivity contribution in [3.63, 3.8) is 0 Å². The van der Waals surface area contributed by atoms with Gasteiger partial charge in [-0.25, -0.2) is 0 Å². The van der Waals surface area contributed by atoms with Gasteiger partial charge >= 0.3 is 0 Å². The van der Waals surface area contributed by atoms with Crippen LogP contribution in [0.3, 0.4) is 0 Å². The molecule has 0 bridgehead atoms. The van der Waals surface area contributed by atoms with Crippen molar-refractivity contribution < 1.29 is 9.59 Å². The molecule has 0 radical (unpaired) electrons. The van der Waals surface area contributed by atoms with Gasteiger partial charge in [0.25, 0.3) is 0 Å². The van der Waals surface area contributed by atoms with Crippen LogP contribution in [-0.4, -0.2) is 22.8 Å². The highest BCUT2D eigenvalue weighted by Crippen LogP contribution is 2.18. The Labute approximate surface area is 145 Å². The smallest absolute Gasteiger partial charge is 0.241 e. The highest BCUT2D eigenvalue weighted by molar-refractivity contribution is 6.00. The Hall–Kier alpha value is -3.25. The van der Waals surface area contributed by atoms with E-state index in [0.29, 0.717) is 11.4 Å². The Morgan fingerprint density at radius 3 is 2.56 bits per heavy atom. The van der Waals surface area contributed by atoms with Crippen LogP contribution in [0.2, 0.25) is 0 Å². The minimum atomic E-state index is -0.926. The number of aromatic nitrogens is 1. The number of nitrogens with zero attached hydrogens (tertiary/aromatic N) is 1. The third-order valence-electron chi connectivity index (χ3n) is 3.71. The predicted octanol–water partition coefficient (Wildman–Crippen LogP) is 2.53. The van der Waals surface area contributed by atoms with Crippen molar-refractivity contribution in [1.29, 1.82) is 0 Å². The molecule has 126 valence electrons. The van der Waals surface area contributed by atoms with E-state index in [1.54, 1.807) is 30.6 Å². The fourth-order valence-electron chi connectivity index (χ4n) is 2.42. The molecule has 6 heteroatoms. The Morgan fingerprint density at radius 1 is 0.960 bits per heavy atom. The maximum atomic E-state index is 12.1. The van der Waals surface area contributed by atoms with E-state index in [-0.39, 0.29) is 12.3 Å². The molecule has 0 aliphatic rings. The molecule has 4 N–H and O–H groups in total. The zero-order valence-electron chi connectivity index (χ0n) is 13.5. The number of pyridine rings is 1. The second-order valence-corrected chi connectivity index (χ2v) is 5.65. The fraction of sp³-hybridized carbons (Fsp3) is 0.105.